The molecule has 2 rings (SSSR count). The molecular weight excluding hydrogens is 325 g/mol. The third-order valence-electron chi connectivity index (χ3n) is 2.79. The first-order chi connectivity index (χ1) is 9.62. The van der Waals surface area contributed by atoms with Gasteiger partial charge in [0, 0.05) is 17.1 Å². The smallest absolute Gasteiger partial charge is 0.136 e. The minimum Gasteiger partial charge on any atom is -0.497 e. The molecule has 0 radical (unpaired) electrons. The predicted octanol–water partition coefficient (Wildman–Crippen LogP) is 3.68. The van der Waals surface area contributed by atoms with Gasteiger partial charge < -0.3 is 15.2 Å². The highest BCUT2D eigenvalue weighted by Crippen LogP contribution is 2.27. The summed E-state index contributed by atoms with van der Waals surface area (Å²) in [5.41, 5.74) is 6.63. The van der Waals surface area contributed by atoms with E-state index in [1.54, 1.807) is 13.2 Å². The zero-order chi connectivity index (χ0) is 14.5. The molecule has 2 aromatic rings. The lowest BCUT2D eigenvalue weighted by Gasteiger charge is -2.18. The van der Waals surface area contributed by atoms with E-state index >= 15 is 0 Å². The van der Waals surface area contributed by atoms with Gasteiger partial charge in [-0.15, -0.1) is 0 Å². The molecule has 0 saturated carbocycles. The first kappa shape index (κ1) is 14.8. The van der Waals surface area contributed by atoms with E-state index in [0.29, 0.717) is 10.2 Å². The monoisotopic (exact) mass is 339 g/mol. The molecule has 5 heteroatoms. The van der Waals surface area contributed by atoms with E-state index in [4.69, 9.17) is 15.2 Å². The average molecular weight is 340 g/mol. The Morgan fingerprint density at radius 2 is 2.00 bits per heavy atom. The van der Waals surface area contributed by atoms with Crippen LogP contribution in [0.15, 0.2) is 46.9 Å². The Labute approximate surface area is 125 Å². The zero-order valence-electron chi connectivity index (χ0n) is 11.0. The SMILES string of the molecule is COc1cccc(C(CN)Oc2cc(F)cc(Br)c2)c1. The van der Waals surface area contributed by atoms with Gasteiger partial charge >= 0.3 is 0 Å². The number of nitrogens with two attached hydrogens (primary N) is 1. The number of hydrogen-bond acceptors (Lipinski definition) is 3. The largest absolute Gasteiger partial charge is 0.497 e. The lowest BCUT2D eigenvalue weighted by atomic mass is 10.1. The maximum absolute atomic E-state index is 13.3. The summed E-state index contributed by atoms with van der Waals surface area (Å²) in [6.07, 6.45) is -0.362. The van der Waals surface area contributed by atoms with Crippen LogP contribution in [-0.2, 0) is 0 Å². The summed E-state index contributed by atoms with van der Waals surface area (Å²) in [4.78, 5) is 0. The van der Waals surface area contributed by atoms with Gasteiger partial charge in [-0.1, -0.05) is 28.1 Å². The topological polar surface area (TPSA) is 44.5 Å². The van der Waals surface area contributed by atoms with E-state index in [9.17, 15) is 4.39 Å². The molecular formula is C15H15BrFNO2. The van der Waals surface area contributed by atoms with Crippen LogP contribution in [-0.4, -0.2) is 13.7 Å². The number of hydrogen-bond donors (Lipinski definition) is 1. The summed E-state index contributed by atoms with van der Waals surface area (Å²) in [7, 11) is 1.60. The Balaban J connectivity index is 2.23. The molecule has 2 N–H and O–H groups in total. The minimum atomic E-state index is -0.365. The molecule has 0 heterocycles. The van der Waals surface area contributed by atoms with Crippen LogP contribution in [0.4, 0.5) is 4.39 Å². The summed E-state index contributed by atoms with van der Waals surface area (Å²) in [6, 6.07) is 11.9. The van der Waals surface area contributed by atoms with Crippen LogP contribution < -0.4 is 15.2 Å². The van der Waals surface area contributed by atoms with Crippen LogP contribution in [0.2, 0.25) is 0 Å². The Hall–Kier alpha value is -1.59. The Morgan fingerprint density at radius 3 is 2.65 bits per heavy atom. The van der Waals surface area contributed by atoms with E-state index in [-0.39, 0.29) is 18.5 Å². The molecule has 0 saturated heterocycles. The van der Waals surface area contributed by atoms with E-state index in [1.807, 2.05) is 24.3 Å². The first-order valence-electron chi connectivity index (χ1n) is 6.09. The lowest BCUT2D eigenvalue weighted by Crippen LogP contribution is -2.18. The average Bonchev–Trinajstić information content (AvgIpc) is 2.44. The first-order valence-corrected chi connectivity index (χ1v) is 6.88. The molecule has 1 atom stereocenters. The minimum absolute atomic E-state index is 0.279. The van der Waals surface area contributed by atoms with Gasteiger partial charge in [0.05, 0.1) is 7.11 Å². The van der Waals surface area contributed by atoms with Crippen molar-refractivity contribution in [2.45, 2.75) is 6.10 Å². The highest BCUT2D eigenvalue weighted by Gasteiger charge is 2.13. The third kappa shape index (κ3) is 3.71. The van der Waals surface area contributed by atoms with Crippen molar-refractivity contribution in [3.8, 4) is 11.5 Å². The molecule has 0 aromatic heterocycles. The van der Waals surface area contributed by atoms with Crippen LogP contribution in [0.1, 0.15) is 11.7 Å². The van der Waals surface area contributed by atoms with Crippen LogP contribution >= 0.6 is 15.9 Å². The van der Waals surface area contributed by atoms with Crippen LogP contribution in [0.5, 0.6) is 11.5 Å². The Morgan fingerprint density at radius 1 is 1.20 bits per heavy atom. The molecule has 2 aromatic carbocycles. The zero-order valence-corrected chi connectivity index (χ0v) is 12.6. The molecule has 20 heavy (non-hydrogen) atoms. The van der Waals surface area contributed by atoms with Crippen molar-refractivity contribution in [1.29, 1.82) is 0 Å². The van der Waals surface area contributed by atoms with E-state index < -0.39 is 0 Å². The van der Waals surface area contributed by atoms with Gasteiger partial charge in [0.1, 0.15) is 23.4 Å². The molecule has 0 aliphatic heterocycles. The number of halogens is 2. The molecule has 106 valence electrons. The van der Waals surface area contributed by atoms with Gasteiger partial charge in [0.2, 0.25) is 0 Å². The van der Waals surface area contributed by atoms with Crippen molar-refractivity contribution >= 4 is 15.9 Å². The van der Waals surface area contributed by atoms with E-state index in [2.05, 4.69) is 15.9 Å². The maximum atomic E-state index is 13.3. The molecule has 3 nitrogen and oxygen atoms in total. The molecule has 0 spiro atoms. The third-order valence-corrected chi connectivity index (χ3v) is 3.25. The second-order valence-electron chi connectivity index (χ2n) is 4.22. The molecule has 1 unspecified atom stereocenters. The van der Waals surface area contributed by atoms with Crippen molar-refractivity contribution in [3.63, 3.8) is 0 Å². The number of ether oxygens (including phenoxy) is 2. The molecule has 0 bridgehead atoms. The van der Waals surface area contributed by atoms with E-state index in [1.165, 1.54) is 12.1 Å². The van der Waals surface area contributed by atoms with Gasteiger partial charge in [-0.2, -0.15) is 0 Å². The summed E-state index contributed by atoms with van der Waals surface area (Å²) < 4.78 is 24.9. The van der Waals surface area contributed by atoms with Gasteiger partial charge in [0.25, 0.3) is 0 Å². The fraction of sp³-hybridized carbons (Fsp3) is 0.200. The summed E-state index contributed by atoms with van der Waals surface area (Å²) >= 11 is 3.23. The summed E-state index contributed by atoms with van der Waals surface area (Å²) in [6.45, 7) is 0.279. The van der Waals surface area contributed by atoms with Crippen molar-refractivity contribution < 1.29 is 13.9 Å². The number of rotatable bonds is 5. The fourth-order valence-corrected chi connectivity index (χ4v) is 2.30. The highest BCUT2D eigenvalue weighted by molar-refractivity contribution is 9.10. The standard InChI is InChI=1S/C15H15BrFNO2/c1-19-13-4-2-3-10(5-13)15(9-18)20-14-7-11(16)6-12(17)8-14/h2-8,15H,9,18H2,1H3. The predicted molar refractivity (Wildman–Crippen MR) is 79.5 cm³/mol. The Bertz CT molecular complexity index is 572. The van der Waals surface area contributed by atoms with E-state index in [0.717, 1.165) is 11.3 Å². The van der Waals surface area contributed by atoms with Crippen LogP contribution in [0, 0.1) is 5.82 Å². The highest BCUT2D eigenvalue weighted by atomic mass is 79.9. The maximum Gasteiger partial charge on any atom is 0.136 e. The van der Waals surface area contributed by atoms with Crippen LogP contribution in [0.3, 0.4) is 0 Å². The molecule has 0 amide bonds. The van der Waals surface area contributed by atoms with Crippen LogP contribution in [0.25, 0.3) is 0 Å². The fourth-order valence-electron chi connectivity index (χ4n) is 1.85. The summed E-state index contributed by atoms with van der Waals surface area (Å²) in [5.74, 6) is 0.788. The Kier molecular flexibility index (Phi) is 4.98. The number of benzene rings is 2. The van der Waals surface area contributed by atoms with Gasteiger partial charge in [-0.05, 0) is 29.8 Å². The molecule has 0 aliphatic carbocycles. The van der Waals surface area contributed by atoms with Gasteiger partial charge in [-0.3, -0.25) is 0 Å². The lowest BCUT2D eigenvalue weighted by molar-refractivity contribution is 0.212. The van der Waals surface area contributed by atoms with Gasteiger partial charge in [0.15, 0.2) is 0 Å². The molecule has 0 fully saturated rings. The van der Waals surface area contributed by atoms with Crippen molar-refractivity contribution in [2.24, 2.45) is 5.73 Å². The van der Waals surface area contributed by atoms with Crippen molar-refractivity contribution in [3.05, 3.63) is 58.3 Å². The quantitative estimate of drug-likeness (QED) is 0.903. The van der Waals surface area contributed by atoms with Crippen molar-refractivity contribution in [1.82, 2.24) is 0 Å². The van der Waals surface area contributed by atoms with Crippen molar-refractivity contribution in [2.75, 3.05) is 13.7 Å². The normalized spacial score (nSPS) is 12.0. The summed E-state index contributed by atoms with van der Waals surface area (Å²) in [5, 5.41) is 0. The number of methoxy groups -OCH3 is 1. The second-order valence-corrected chi connectivity index (χ2v) is 5.14. The van der Waals surface area contributed by atoms with Gasteiger partial charge in [-0.25, -0.2) is 4.39 Å². The second kappa shape index (κ2) is 6.72. The molecule has 0 aliphatic rings.